The van der Waals surface area contributed by atoms with Crippen molar-refractivity contribution >= 4 is 45.2 Å². The van der Waals surface area contributed by atoms with Gasteiger partial charge in [-0.2, -0.15) is 0 Å². The average Bonchev–Trinajstić information content (AvgIpc) is 3.31. The molecule has 0 bridgehead atoms. The van der Waals surface area contributed by atoms with Gasteiger partial charge in [-0.3, -0.25) is 19.3 Å². The monoisotopic (exact) mass is 440 g/mol. The van der Waals surface area contributed by atoms with E-state index in [1.54, 1.807) is 0 Å². The van der Waals surface area contributed by atoms with Crippen molar-refractivity contribution in [2.24, 2.45) is 0 Å². The number of hydrogen-bond donors (Lipinski definition) is 1. The second-order valence-electron chi connectivity index (χ2n) is 6.70. The molecule has 4 rings (SSSR count). The number of non-ortho nitro benzene ring substituents is 1. The molecule has 2 aromatic carbocycles. The van der Waals surface area contributed by atoms with Gasteiger partial charge in [0.25, 0.3) is 5.69 Å². The van der Waals surface area contributed by atoms with Crippen molar-refractivity contribution in [1.29, 1.82) is 0 Å². The first-order valence-electron chi connectivity index (χ1n) is 9.23. The predicted octanol–water partition coefficient (Wildman–Crippen LogP) is 5.37. The SMILES string of the molecule is CCc1ccc(-c2cn3c(CC(=O)Nc4ccc([N+](=O)[O-])cc4Cl)csc3n2)cc1. The Bertz CT molecular complexity index is 1250. The number of anilines is 1. The topological polar surface area (TPSA) is 89.5 Å². The summed E-state index contributed by atoms with van der Waals surface area (Å²) in [5.74, 6) is -0.270. The van der Waals surface area contributed by atoms with E-state index in [9.17, 15) is 14.9 Å². The van der Waals surface area contributed by atoms with Gasteiger partial charge in [0.2, 0.25) is 5.91 Å². The van der Waals surface area contributed by atoms with Crippen LogP contribution in [0.3, 0.4) is 0 Å². The van der Waals surface area contributed by atoms with Crippen molar-refractivity contribution < 1.29 is 9.72 Å². The number of nitro benzene ring substituents is 1. The first kappa shape index (κ1) is 20.1. The standard InChI is InChI=1S/C21H17ClN4O3S/c1-2-13-3-5-14(6-4-13)19-11-25-16(12-30-21(25)24-19)10-20(27)23-18-8-7-15(26(28)29)9-17(18)22/h3-9,11-12H,2,10H2,1H3,(H,23,27). The highest BCUT2D eigenvalue weighted by molar-refractivity contribution is 7.15. The van der Waals surface area contributed by atoms with E-state index >= 15 is 0 Å². The number of imidazole rings is 1. The Kier molecular flexibility index (Phi) is 5.52. The van der Waals surface area contributed by atoms with Gasteiger partial charge >= 0.3 is 0 Å². The van der Waals surface area contributed by atoms with Crippen LogP contribution in [-0.2, 0) is 17.6 Å². The van der Waals surface area contributed by atoms with Crippen LogP contribution in [-0.4, -0.2) is 20.2 Å². The zero-order valence-corrected chi connectivity index (χ0v) is 17.5. The largest absolute Gasteiger partial charge is 0.324 e. The fourth-order valence-corrected chi connectivity index (χ4v) is 4.18. The van der Waals surface area contributed by atoms with Crippen molar-refractivity contribution in [1.82, 2.24) is 9.38 Å². The van der Waals surface area contributed by atoms with Crippen LogP contribution >= 0.6 is 22.9 Å². The second kappa shape index (κ2) is 8.25. The number of hydrogen-bond acceptors (Lipinski definition) is 5. The number of thiazole rings is 1. The summed E-state index contributed by atoms with van der Waals surface area (Å²) >= 11 is 7.52. The van der Waals surface area contributed by atoms with Gasteiger partial charge in [0.1, 0.15) is 0 Å². The van der Waals surface area contributed by atoms with Gasteiger partial charge in [0.15, 0.2) is 4.96 Å². The van der Waals surface area contributed by atoms with E-state index < -0.39 is 4.92 Å². The average molecular weight is 441 g/mol. The van der Waals surface area contributed by atoms with Crippen molar-refractivity contribution in [3.63, 3.8) is 0 Å². The molecule has 1 N–H and O–H groups in total. The molecule has 1 amide bonds. The van der Waals surface area contributed by atoms with E-state index in [1.807, 2.05) is 28.1 Å². The molecule has 0 saturated carbocycles. The normalized spacial score (nSPS) is 11.0. The Morgan fingerprint density at radius 1 is 1.27 bits per heavy atom. The lowest BCUT2D eigenvalue weighted by atomic mass is 10.1. The summed E-state index contributed by atoms with van der Waals surface area (Å²) in [6.07, 6.45) is 3.03. The summed E-state index contributed by atoms with van der Waals surface area (Å²) in [7, 11) is 0. The lowest BCUT2D eigenvalue weighted by Gasteiger charge is -2.07. The van der Waals surface area contributed by atoms with Gasteiger partial charge in [-0.05, 0) is 18.1 Å². The van der Waals surface area contributed by atoms with Gasteiger partial charge < -0.3 is 5.32 Å². The first-order valence-corrected chi connectivity index (χ1v) is 10.5. The Morgan fingerprint density at radius 2 is 2.03 bits per heavy atom. The molecular formula is C21H17ClN4O3S. The van der Waals surface area contributed by atoms with Crippen LogP contribution in [0.1, 0.15) is 18.2 Å². The molecule has 30 heavy (non-hydrogen) atoms. The summed E-state index contributed by atoms with van der Waals surface area (Å²) in [5.41, 5.74) is 4.15. The van der Waals surface area contributed by atoms with Crippen LogP contribution < -0.4 is 5.32 Å². The minimum absolute atomic E-state index is 0.119. The number of aryl methyl sites for hydroxylation is 1. The highest BCUT2D eigenvalue weighted by atomic mass is 35.5. The third-order valence-corrected chi connectivity index (χ3v) is 5.92. The number of carbonyl (C=O) groups excluding carboxylic acids is 1. The number of nitro groups is 1. The molecule has 0 saturated heterocycles. The van der Waals surface area contributed by atoms with Gasteiger partial charge in [0, 0.05) is 35.0 Å². The van der Waals surface area contributed by atoms with Crippen molar-refractivity contribution in [2.45, 2.75) is 19.8 Å². The van der Waals surface area contributed by atoms with Crippen LogP contribution in [0, 0.1) is 10.1 Å². The van der Waals surface area contributed by atoms with E-state index in [-0.39, 0.29) is 23.0 Å². The fourth-order valence-electron chi connectivity index (χ4n) is 3.08. The summed E-state index contributed by atoms with van der Waals surface area (Å²) in [4.78, 5) is 28.2. The predicted molar refractivity (Wildman–Crippen MR) is 118 cm³/mol. The Balaban J connectivity index is 1.51. The van der Waals surface area contributed by atoms with E-state index in [2.05, 4.69) is 29.4 Å². The van der Waals surface area contributed by atoms with Crippen LogP contribution in [0.2, 0.25) is 5.02 Å². The van der Waals surface area contributed by atoms with Gasteiger partial charge in [-0.1, -0.05) is 42.8 Å². The smallest absolute Gasteiger partial charge is 0.271 e. The van der Waals surface area contributed by atoms with Crippen LogP contribution in [0.15, 0.2) is 54.0 Å². The maximum absolute atomic E-state index is 12.5. The second-order valence-corrected chi connectivity index (χ2v) is 7.95. The van der Waals surface area contributed by atoms with Gasteiger partial charge in [-0.15, -0.1) is 11.3 Å². The fraction of sp³-hybridized carbons (Fsp3) is 0.143. The number of rotatable bonds is 6. The maximum Gasteiger partial charge on any atom is 0.271 e. The van der Waals surface area contributed by atoms with Crippen LogP contribution in [0.25, 0.3) is 16.2 Å². The Morgan fingerprint density at radius 3 is 2.70 bits per heavy atom. The number of amides is 1. The molecular weight excluding hydrogens is 424 g/mol. The molecule has 0 atom stereocenters. The number of carbonyl (C=O) groups is 1. The summed E-state index contributed by atoms with van der Waals surface area (Å²) < 4.78 is 1.91. The lowest BCUT2D eigenvalue weighted by Crippen LogP contribution is -2.15. The molecule has 7 nitrogen and oxygen atoms in total. The van der Waals surface area contributed by atoms with Crippen molar-refractivity contribution in [3.8, 4) is 11.3 Å². The van der Waals surface area contributed by atoms with E-state index in [1.165, 1.54) is 35.1 Å². The molecule has 0 aliphatic heterocycles. The van der Waals surface area contributed by atoms with E-state index in [4.69, 9.17) is 11.6 Å². The zero-order chi connectivity index (χ0) is 21.3. The molecule has 0 unspecified atom stereocenters. The van der Waals surface area contributed by atoms with Gasteiger partial charge in [0.05, 0.1) is 27.7 Å². The van der Waals surface area contributed by atoms with E-state index in [0.717, 1.165) is 28.3 Å². The number of fused-ring (bicyclic) bond motifs is 1. The molecule has 2 heterocycles. The summed E-state index contributed by atoms with van der Waals surface area (Å²) in [6.45, 7) is 2.11. The Labute approximate surface area is 181 Å². The van der Waals surface area contributed by atoms with Crippen LogP contribution in [0.4, 0.5) is 11.4 Å². The summed E-state index contributed by atoms with van der Waals surface area (Å²) in [5, 5.41) is 15.5. The summed E-state index contributed by atoms with van der Waals surface area (Å²) in [6, 6.07) is 12.2. The number of halogens is 1. The van der Waals surface area contributed by atoms with Crippen molar-refractivity contribution in [3.05, 3.63) is 80.4 Å². The quantitative estimate of drug-likeness (QED) is 0.322. The van der Waals surface area contributed by atoms with Gasteiger partial charge in [-0.25, -0.2) is 4.98 Å². The molecule has 2 aromatic heterocycles. The first-order chi connectivity index (χ1) is 14.4. The highest BCUT2D eigenvalue weighted by Crippen LogP contribution is 2.28. The van der Waals surface area contributed by atoms with E-state index in [0.29, 0.717) is 5.69 Å². The molecule has 152 valence electrons. The number of nitrogens with one attached hydrogen (secondary N) is 1. The molecule has 0 fully saturated rings. The molecule has 0 radical (unpaired) electrons. The third-order valence-electron chi connectivity index (χ3n) is 4.72. The molecule has 0 spiro atoms. The number of aromatic nitrogens is 2. The van der Waals surface area contributed by atoms with Crippen molar-refractivity contribution in [2.75, 3.05) is 5.32 Å². The highest BCUT2D eigenvalue weighted by Gasteiger charge is 2.15. The van der Waals surface area contributed by atoms with Crippen LogP contribution in [0.5, 0.6) is 0 Å². The number of nitrogens with zero attached hydrogens (tertiary/aromatic N) is 3. The molecule has 4 aromatic rings. The Hall–Kier alpha value is -3.23. The number of benzene rings is 2. The minimum atomic E-state index is -0.536. The third kappa shape index (κ3) is 4.05. The zero-order valence-electron chi connectivity index (χ0n) is 16.0. The molecule has 9 heteroatoms. The molecule has 0 aliphatic rings. The minimum Gasteiger partial charge on any atom is -0.324 e. The molecule has 0 aliphatic carbocycles. The maximum atomic E-state index is 12.5. The lowest BCUT2D eigenvalue weighted by molar-refractivity contribution is -0.384.